The molecule has 0 fully saturated rings. The van der Waals surface area contributed by atoms with Gasteiger partial charge in [0.15, 0.2) is 0 Å². The number of thiocarbonyl (C=S) groups is 1. The maximum Gasteiger partial charge on any atom is 0.239 e. The van der Waals surface area contributed by atoms with Crippen molar-refractivity contribution in [2.75, 3.05) is 25.0 Å². The molecule has 18 heavy (non-hydrogen) atoms. The van der Waals surface area contributed by atoms with Crippen molar-refractivity contribution in [2.24, 2.45) is 5.73 Å². The van der Waals surface area contributed by atoms with E-state index in [1.165, 1.54) is 6.07 Å². The second kappa shape index (κ2) is 6.30. The molecule has 0 atom stereocenters. The molecule has 0 aliphatic heterocycles. The van der Waals surface area contributed by atoms with E-state index in [-0.39, 0.29) is 23.0 Å². The Labute approximate surface area is 111 Å². The van der Waals surface area contributed by atoms with E-state index in [9.17, 15) is 9.18 Å². The number of carbonyl (C=O) groups excluding carboxylic acids is 1. The second-order valence-electron chi connectivity index (χ2n) is 3.81. The Bertz CT molecular complexity index is 465. The standard InChI is InChI=1S/C12H16FN3OS/c1-3-15-10(17)7-16(2)9-6-4-5-8(13)11(9)12(14)18/h4-6H,3,7H2,1-2H3,(H2,14,18)(H,15,17). The van der Waals surface area contributed by atoms with Crippen LogP contribution in [0.15, 0.2) is 18.2 Å². The largest absolute Gasteiger partial charge is 0.389 e. The highest BCUT2D eigenvalue weighted by Gasteiger charge is 2.15. The molecule has 1 rings (SSSR count). The van der Waals surface area contributed by atoms with Gasteiger partial charge in [-0.05, 0) is 19.1 Å². The molecular weight excluding hydrogens is 253 g/mol. The van der Waals surface area contributed by atoms with Crippen molar-refractivity contribution in [3.05, 3.63) is 29.6 Å². The van der Waals surface area contributed by atoms with Crippen LogP contribution >= 0.6 is 12.2 Å². The third kappa shape index (κ3) is 3.40. The fourth-order valence-electron chi connectivity index (χ4n) is 1.63. The predicted molar refractivity (Wildman–Crippen MR) is 74.2 cm³/mol. The molecule has 1 amide bonds. The zero-order valence-corrected chi connectivity index (χ0v) is 11.2. The Hall–Kier alpha value is -1.69. The van der Waals surface area contributed by atoms with Crippen LogP contribution in [0.1, 0.15) is 12.5 Å². The van der Waals surface area contributed by atoms with Gasteiger partial charge in [-0.15, -0.1) is 0 Å². The van der Waals surface area contributed by atoms with Gasteiger partial charge in [-0.2, -0.15) is 0 Å². The summed E-state index contributed by atoms with van der Waals surface area (Å²) in [5, 5.41) is 2.67. The zero-order chi connectivity index (χ0) is 13.7. The van der Waals surface area contributed by atoms with Crippen LogP contribution in [0.25, 0.3) is 0 Å². The number of hydrogen-bond donors (Lipinski definition) is 2. The summed E-state index contributed by atoms with van der Waals surface area (Å²) in [5.41, 5.74) is 6.18. The molecule has 1 aromatic carbocycles. The van der Waals surface area contributed by atoms with Crippen LogP contribution in [0.2, 0.25) is 0 Å². The molecule has 0 saturated heterocycles. The summed E-state index contributed by atoms with van der Waals surface area (Å²) in [6.07, 6.45) is 0. The molecule has 0 unspecified atom stereocenters. The fraction of sp³-hybridized carbons (Fsp3) is 0.333. The number of rotatable bonds is 5. The van der Waals surface area contributed by atoms with Gasteiger partial charge in [-0.1, -0.05) is 18.3 Å². The Morgan fingerprint density at radius 3 is 2.78 bits per heavy atom. The van der Waals surface area contributed by atoms with Crippen molar-refractivity contribution in [1.82, 2.24) is 5.32 Å². The number of halogens is 1. The topological polar surface area (TPSA) is 58.4 Å². The summed E-state index contributed by atoms with van der Waals surface area (Å²) in [4.78, 5) is 13.1. The molecule has 0 aromatic heterocycles. The average molecular weight is 269 g/mol. The Morgan fingerprint density at radius 2 is 2.22 bits per heavy atom. The fourth-order valence-corrected chi connectivity index (χ4v) is 1.83. The van der Waals surface area contributed by atoms with Crippen molar-refractivity contribution in [3.8, 4) is 0 Å². The number of nitrogens with zero attached hydrogens (tertiary/aromatic N) is 1. The minimum atomic E-state index is -0.484. The van der Waals surface area contributed by atoms with Gasteiger partial charge in [0.1, 0.15) is 10.8 Å². The number of likely N-dealkylation sites (N-methyl/N-ethyl adjacent to an activating group) is 2. The molecule has 0 heterocycles. The van der Waals surface area contributed by atoms with Gasteiger partial charge in [-0.25, -0.2) is 4.39 Å². The highest BCUT2D eigenvalue weighted by Crippen LogP contribution is 2.22. The van der Waals surface area contributed by atoms with E-state index in [1.807, 2.05) is 6.92 Å². The van der Waals surface area contributed by atoms with E-state index in [1.54, 1.807) is 24.1 Å². The first kappa shape index (κ1) is 14.4. The first-order chi connectivity index (χ1) is 8.47. The van der Waals surface area contributed by atoms with Gasteiger partial charge in [0.05, 0.1) is 17.8 Å². The average Bonchev–Trinajstić information content (AvgIpc) is 2.28. The molecule has 0 spiro atoms. The van der Waals surface area contributed by atoms with Crippen LogP contribution in [-0.2, 0) is 4.79 Å². The molecule has 6 heteroatoms. The van der Waals surface area contributed by atoms with Gasteiger partial charge in [0, 0.05) is 13.6 Å². The third-order valence-corrected chi connectivity index (χ3v) is 2.61. The Kier molecular flexibility index (Phi) is 5.03. The van der Waals surface area contributed by atoms with Crippen molar-refractivity contribution in [2.45, 2.75) is 6.92 Å². The monoisotopic (exact) mass is 269 g/mol. The van der Waals surface area contributed by atoms with Crippen LogP contribution in [0.4, 0.5) is 10.1 Å². The van der Waals surface area contributed by atoms with Gasteiger partial charge in [0.2, 0.25) is 5.91 Å². The number of benzene rings is 1. The normalized spacial score (nSPS) is 9.94. The summed E-state index contributed by atoms with van der Waals surface area (Å²) in [6, 6.07) is 4.52. The smallest absolute Gasteiger partial charge is 0.239 e. The molecule has 0 bridgehead atoms. The Morgan fingerprint density at radius 1 is 1.56 bits per heavy atom. The van der Waals surface area contributed by atoms with E-state index in [0.717, 1.165) is 0 Å². The summed E-state index contributed by atoms with van der Waals surface area (Å²) < 4.78 is 13.7. The molecule has 4 nitrogen and oxygen atoms in total. The first-order valence-electron chi connectivity index (χ1n) is 5.53. The summed E-state index contributed by atoms with van der Waals surface area (Å²) in [6.45, 7) is 2.51. The number of carbonyl (C=O) groups is 1. The second-order valence-corrected chi connectivity index (χ2v) is 4.25. The van der Waals surface area contributed by atoms with Crippen LogP contribution in [0.5, 0.6) is 0 Å². The number of nitrogens with two attached hydrogens (primary N) is 1. The lowest BCUT2D eigenvalue weighted by molar-refractivity contribution is -0.119. The van der Waals surface area contributed by atoms with Crippen molar-refractivity contribution < 1.29 is 9.18 Å². The minimum absolute atomic E-state index is 0.0224. The SMILES string of the molecule is CCNC(=O)CN(C)c1cccc(F)c1C(N)=S. The van der Waals surface area contributed by atoms with Crippen LogP contribution in [-0.4, -0.2) is 31.0 Å². The predicted octanol–water partition coefficient (Wildman–Crippen LogP) is 1.03. The van der Waals surface area contributed by atoms with E-state index in [0.29, 0.717) is 12.2 Å². The third-order valence-electron chi connectivity index (χ3n) is 2.40. The molecule has 0 aliphatic rings. The first-order valence-corrected chi connectivity index (χ1v) is 5.94. The maximum atomic E-state index is 13.7. The van der Waals surface area contributed by atoms with Crippen molar-refractivity contribution in [1.29, 1.82) is 0 Å². The number of amides is 1. The van der Waals surface area contributed by atoms with Crippen LogP contribution in [0, 0.1) is 5.82 Å². The van der Waals surface area contributed by atoms with Crippen molar-refractivity contribution in [3.63, 3.8) is 0 Å². The molecule has 1 aromatic rings. The summed E-state index contributed by atoms with van der Waals surface area (Å²) in [5.74, 6) is -0.624. The molecule has 0 radical (unpaired) electrons. The zero-order valence-electron chi connectivity index (χ0n) is 10.4. The Balaban J connectivity index is 2.98. The lowest BCUT2D eigenvalue weighted by Gasteiger charge is -2.21. The number of hydrogen-bond acceptors (Lipinski definition) is 3. The van der Waals surface area contributed by atoms with Crippen molar-refractivity contribution >= 4 is 28.8 Å². The van der Waals surface area contributed by atoms with E-state index in [4.69, 9.17) is 18.0 Å². The van der Waals surface area contributed by atoms with Gasteiger partial charge in [0.25, 0.3) is 0 Å². The van der Waals surface area contributed by atoms with Crippen LogP contribution in [0.3, 0.4) is 0 Å². The minimum Gasteiger partial charge on any atom is -0.389 e. The molecule has 3 N–H and O–H groups in total. The molecular formula is C12H16FN3OS. The number of anilines is 1. The highest BCUT2D eigenvalue weighted by atomic mass is 32.1. The lowest BCUT2D eigenvalue weighted by Crippen LogP contribution is -2.36. The quantitative estimate of drug-likeness (QED) is 0.784. The summed E-state index contributed by atoms with van der Waals surface area (Å²) >= 11 is 4.83. The summed E-state index contributed by atoms with van der Waals surface area (Å²) in [7, 11) is 1.69. The lowest BCUT2D eigenvalue weighted by atomic mass is 10.1. The molecule has 0 saturated carbocycles. The maximum absolute atomic E-state index is 13.7. The molecule has 0 aliphatic carbocycles. The van der Waals surface area contributed by atoms with Gasteiger partial charge in [-0.3, -0.25) is 4.79 Å². The van der Waals surface area contributed by atoms with Gasteiger partial charge >= 0.3 is 0 Å². The number of nitrogens with one attached hydrogen (secondary N) is 1. The van der Waals surface area contributed by atoms with Crippen LogP contribution < -0.4 is 16.0 Å². The highest BCUT2D eigenvalue weighted by molar-refractivity contribution is 7.80. The van der Waals surface area contributed by atoms with Gasteiger partial charge < -0.3 is 16.0 Å². The molecule has 98 valence electrons. The van der Waals surface area contributed by atoms with E-state index >= 15 is 0 Å². The van der Waals surface area contributed by atoms with E-state index < -0.39 is 5.82 Å². The van der Waals surface area contributed by atoms with E-state index in [2.05, 4.69) is 5.32 Å².